The normalized spacial score (nSPS) is 11.8. The average Bonchev–Trinajstić information content (AvgIpc) is 2.23. The Morgan fingerprint density at radius 1 is 1.50 bits per heavy atom. The summed E-state index contributed by atoms with van der Waals surface area (Å²) >= 11 is 0. The van der Waals surface area contributed by atoms with Crippen molar-refractivity contribution >= 4 is 17.8 Å². The number of nitrogens with zero attached hydrogens (tertiary/aromatic N) is 1. The van der Waals surface area contributed by atoms with E-state index in [2.05, 4.69) is 16.6 Å². The van der Waals surface area contributed by atoms with E-state index in [1.54, 1.807) is 6.92 Å². The van der Waals surface area contributed by atoms with Crippen LogP contribution in [-0.4, -0.2) is 11.7 Å². The largest absolute Gasteiger partial charge is 0.350 e. The summed E-state index contributed by atoms with van der Waals surface area (Å²) in [6.45, 7) is 3.81. The quantitative estimate of drug-likeness (QED) is 0.590. The molecule has 2 amide bonds. The summed E-state index contributed by atoms with van der Waals surface area (Å²) in [4.78, 5) is 10.4. The van der Waals surface area contributed by atoms with Gasteiger partial charge in [0.15, 0.2) is 0 Å². The summed E-state index contributed by atoms with van der Waals surface area (Å²) < 4.78 is 0. The van der Waals surface area contributed by atoms with Crippen LogP contribution < -0.4 is 11.2 Å². The number of hydrogen-bond donors (Lipinski definition) is 2. The molecule has 0 saturated carbocycles. The van der Waals surface area contributed by atoms with E-state index in [0.717, 1.165) is 5.56 Å². The fraction of sp³-hybridized carbons (Fsp3) is 0.167. The Morgan fingerprint density at radius 2 is 2.25 bits per heavy atom. The molecule has 0 aliphatic rings. The van der Waals surface area contributed by atoms with Crippen molar-refractivity contribution in [3.63, 3.8) is 0 Å². The molecule has 0 aliphatic carbocycles. The molecule has 0 aromatic heterocycles. The Bertz CT molecular complexity index is 436. The van der Waals surface area contributed by atoms with Crippen molar-refractivity contribution in [2.75, 3.05) is 0 Å². The third-order valence-corrected chi connectivity index (χ3v) is 1.90. The lowest BCUT2D eigenvalue weighted by molar-refractivity contribution is 0.249. The zero-order valence-corrected chi connectivity index (χ0v) is 9.40. The fourth-order valence-corrected chi connectivity index (χ4v) is 1.17. The molecule has 0 fully saturated rings. The van der Waals surface area contributed by atoms with Crippen LogP contribution in [0, 0.1) is 6.92 Å². The summed E-state index contributed by atoms with van der Waals surface area (Å²) in [6, 6.07) is 7.42. The molecular weight excluding hydrogens is 202 g/mol. The Morgan fingerprint density at radius 3 is 2.88 bits per heavy atom. The van der Waals surface area contributed by atoms with Gasteiger partial charge in [0.25, 0.3) is 0 Å². The van der Waals surface area contributed by atoms with E-state index < -0.39 is 6.03 Å². The number of urea groups is 1. The van der Waals surface area contributed by atoms with E-state index in [1.807, 2.05) is 37.3 Å². The van der Waals surface area contributed by atoms with Gasteiger partial charge in [-0.3, -0.25) is 0 Å². The third kappa shape index (κ3) is 4.41. The van der Waals surface area contributed by atoms with Crippen molar-refractivity contribution < 1.29 is 4.79 Å². The van der Waals surface area contributed by atoms with E-state index >= 15 is 0 Å². The molecule has 1 aromatic rings. The number of primary amides is 1. The predicted molar refractivity (Wildman–Crippen MR) is 66.0 cm³/mol. The molecule has 0 spiro atoms. The van der Waals surface area contributed by atoms with Crippen LogP contribution in [0.3, 0.4) is 0 Å². The molecule has 0 radical (unpaired) electrons. The molecule has 4 nitrogen and oxygen atoms in total. The van der Waals surface area contributed by atoms with Gasteiger partial charge >= 0.3 is 6.03 Å². The number of nitrogens with one attached hydrogen (secondary N) is 1. The number of carbonyl (C=O) groups is 1. The molecule has 4 heteroatoms. The van der Waals surface area contributed by atoms with Crippen molar-refractivity contribution in [3.05, 3.63) is 41.5 Å². The first kappa shape index (κ1) is 12.0. The molecule has 0 aliphatic heterocycles. The monoisotopic (exact) mass is 217 g/mol. The van der Waals surface area contributed by atoms with Gasteiger partial charge in [-0.1, -0.05) is 35.9 Å². The SMILES string of the molecule is CC(/C=C/c1cccc(C)c1)=N/NC(N)=O. The maximum Gasteiger partial charge on any atom is 0.332 e. The molecule has 1 aromatic carbocycles. The number of hydrogen-bond acceptors (Lipinski definition) is 2. The molecule has 16 heavy (non-hydrogen) atoms. The van der Waals surface area contributed by atoms with Crippen LogP contribution in [0.15, 0.2) is 35.4 Å². The van der Waals surface area contributed by atoms with Gasteiger partial charge in [-0.2, -0.15) is 5.10 Å². The Kier molecular flexibility index (Phi) is 4.27. The minimum absolute atomic E-state index is 0.664. The van der Waals surface area contributed by atoms with Crippen molar-refractivity contribution in [1.82, 2.24) is 5.43 Å². The average molecular weight is 217 g/mol. The summed E-state index contributed by atoms with van der Waals surface area (Å²) in [7, 11) is 0. The number of rotatable bonds is 3. The van der Waals surface area contributed by atoms with Gasteiger partial charge in [-0.05, 0) is 25.5 Å². The van der Waals surface area contributed by atoms with Gasteiger partial charge in [0.1, 0.15) is 0 Å². The second-order valence-corrected chi connectivity index (χ2v) is 3.48. The van der Waals surface area contributed by atoms with Crippen LogP contribution in [-0.2, 0) is 0 Å². The summed E-state index contributed by atoms with van der Waals surface area (Å²) in [6.07, 6.45) is 3.74. The number of hydrazone groups is 1. The van der Waals surface area contributed by atoms with Crippen LogP contribution in [0.4, 0.5) is 4.79 Å². The minimum Gasteiger partial charge on any atom is -0.350 e. The first-order chi connectivity index (χ1) is 7.58. The summed E-state index contributed by atoms with van der Waals surface area (Å²) in [5.74, 6) is 0. The van der Waals surface area contributed by atoms with Crippen LogP contribution in [0.2, 0.25) is 0 Å². The highest BCUT2D eigenvalue weighted by Crippen LogP contribution is 2.05. The van der Waals surface area contributed by atoms with Gasteiger partial charge in [0, 0.05) is 0 Å². The number of nitrogens with two attached hydrogens (primary N) is 1. The van der Waals surface area contributed by atoms with E-state index in [1.165, 1.54) is 5.56 Å². The highest BCUT2D eigenvalue weighted by atomic mass is 16.2. The first-order valence-electron chi connectivity index (χ1n) is 4.92. The topological polar surface area (TPSA) is 67.5 Å². The van der Waals surface area contributed by atoms with Gasteiger partial charge in [0.2, 0.25) is 0 Å². The minimum atomic E-state index is -0.664. The number of amides is 2. The van der Waals surface area contributed by atoms with Crippen molar-refractivity contribution in [3.8, 4) is 0 Å². The first-order valence-corrected chi connectivity index (χ1v) is 4.92. The van der Waals surface area contributed by atoms with Crippen molar-refractivity contribution in [2.45, 2.75) is 13.8 Å². The Hall–Kier alpha value is -2.10. The third-order valence-electron chi connectivity index (χ3n) is 1.90. The molecule has 3 N–H and O–H groups in total. The maximum absolute atomic E-state index is 10.4. The molecule has 0 heterocycles. The van der Waals surface area contributed by atoms with Gasteiger partial charge in [-0.25, -0.2) is 10.2 Å². The van der Waals surface area contributed by atoms with Crippen molar-refractivity contribution in [2.24, 2.45) is 10.8 Å². The summed E-state index contributed by atoms with van der Waals surface area (Å²) in [5, 5.41) is 3.77. The van der Waals surface area contributed by atoms with Crippen molar-refractivity contribution in [1.29, 1.82) is 0 Å². The number of allylic oxidation sites excluding steroid dienone is 1. The second kappa shape index (κ2) is 5.70. The van der Waals surface area contributed by atoms with E-state index in [-0.39, 0.29) is 0 Å². The maximum atomic E-state index is 10.4. The molecule has 1 rings (SSSR count). The van der Waals surface area contributed by atoms with Crippen LogP contribution in [0.1, 0.15) is 18.1 Å². The van der Waals surface area contributed by atoms with Gasteiger partial charge in [0.05, 0.1) is 5.71 Å². The second-order valence-electron chi connectivity index (χ2n) is 3.48. The van der Waals surface area contributed by atoms with Crippen LogP contribution >= 0.6 is 0 Å². The van der Waals surface area contributed by atoms with Gasteiger partial charge < -0.3 is 5.73 Å². The molecule has 84 valence electrons. The highest BCUT2D eigenvalue weighted by Gasteiger charge is 1.90. The lowest BCUT2D eigenvalue weighted by Crippen LogP contribution is -2.25. The Labute approximate surface area is 94.8 Å². The van der Waals surface area contributed by atoms with E-state index in [4.69, 9.17) is 5.73 Å². The predicted octanol–water partition coefficient (Wildman–Crippen LogP) is 2.05. The fourth-order valence-electron chi connectivity index (χ4n) is 1.17. The lowest BCUT2D eigenvalue weighted by Gasteiger charge is -1.96. The van der Waals surface area contributed by atoms with Gasteiger partial charge in [-0.15, -0.1) is 0 Å². The zero-order chi connectivity index (χ0) is 12.0. The molecule has 0 saturated heterocycles. The number of carbonyl (C=O) groups excluding carboxylic acids is 1. The van der Waals surface area contributed by atoms with E-state index in [0.29, 0.717) is 5.71 Å². The Balaban J connectivity index is 2.66. The molecule has 0 atom stereocenters. The van der Waals surface area contributed by atoms with E-state index in [9.17, 15) is 4.79 Å². The highest BCUT2D eigenvalue weighted by molar-refractivity contribution is 5.96. The standard InChI is InChI=1S/C12H15N3O/c1-9-4-3-5-11(8-9)7-6-10(2)14-15-12(13)16/h3-8H,1-2H3,(H3,13,15,16)/b7-6+,14-10-. The number of benzene rings is 1. The zero-order valence-electron chi connectivity index (χ0n) is 9.40. The molecule has 0 bridgehead atoms. The molecule has 0 unspecified atom stereocenters. The van der Waals surface area contributed by atoms with Crippen LogP contribution in [0.25, 0.3) is 6.08 Å². The molecular formula is C12H15N3O. The smallest absolute Gasteiger partial charge is 0.332 e. The summed E-state index contributed by atoms with van der Waals surface area (Å²) in [5.41, 5.74) is 10.0. The lowest BCUT2D eigenvalue weighted by atomic mass is 10.1. The van der Waals surface area contributed by atoms with Crippen LogP contribution in [0.5, 0.6) is 0 Å². The number of aryl methyl sites for hydroxylation is 1.